The number of aromatic nitrogens is 3. The van der Waals surface area contributed by atoms with Gasteiger partial charge in [-0.1, -0.05) is 17.4 Å². The first-order valence-electron chi connectivity index (χ1n) is 6.39. The molecular weight excluding hydrogens is 244 g/mol. The normalized spacial score (nSPS) is 14.9. The van der Waals surface area contributed by atoms with Gasteiger partial charge in [-0.3, -0.25) is 4.98 Å². The van der Waals surface area contributed by atoms with Crippen molar-refractivity contribution in [2.24, 2.45) is 0 Å². The molecule has 1 aliphatic rings. The van der Waals surface area contributed by atoms with Crippen molar-refractivity contribution >= 4 is 11.3 Å². The van der Waals surface area contributed by atoms with Crippen molar-refractivity contribution in [3.05, 3.63) is 29.4 Å². The van der Waals surface area contributed by atoms with E-state index in [9.17, 15) is 0 Å². The molecule has 4 nitrogen and oxygen atoms in total. The summed E-state index contributed by atoms with van der Waals surface area (Å²) in [5.74, 6) is 0. The number of nitrogens with zero attached hydrogens (tertiary/aromatic N) is 3. The van der Waals surface area contributed by atoms with Crippen LogP contribution in [0.4, 0.5) is 0 Å². The van der Waals surface area contributed by atoms with Gasteiger partial charge in [0.15, 0.2) is 5.01 Å². The van der Waals surface area contributed by atoms with E-state index in [2.05, 4.69) is 20.5 Å². The van der Waals surface area contributed by atoms with Crippen LogP contribution in [0, 0.1) is 0 Å². The van der Waals surface area contributed by atoms with Crippen molar-refractivity contribution in [3.63, 3.8) is 0 Å². The molecule has 3 rings (SSSR count). The lowest BCUT2D eigenvalue weighted by atomic mass is 10.3. The minimum atomic E-state index is 0.795. The zero-order valence-electron chi connectivity index (χ0n) is 10.2. The van der Waals surface area contributed by atoms with Crippen LogP contribution in [-0.4, -0.2) is 27.8 Å². The Morgan fingerprint density at radius 1 is 1.28 bits per heavy atom. The molecule has 94 valence electrons. The zero-order valence-corrected chi connectivity index (χ0v) is 11.0. The predicted molar refractivity (Wildman–Crippen MR) is 72.5 cm³/mol. The average Bonchev–Trinajstić information content (AvgIpc) is 3.12. The standard InChI is InChI=1S/C13H16N4S/c1-2-8-15-11(4-1)13-17-16-12(18-13)5-3-9-14-10-6-7-10/h1-2,4,8,10,14H,3,5-7,9H2. The van der Waals surface area contributed by atoms with Gasteiger partial charge in [-0.15, -0.1) is 10.2 Å². The summed E-state index contributed by atoms with van der Waals surface area (Å²) < 4.78 is 0. The van der Waals surface area contributed by atoms with E-state index in [1.807, 2.05) is 18.2 Å². The van der Waals surface area contributed by atoms with Crippen molar-refractivity contribution < 1.29 is 0 Å². The molecule has 0 bridgehead atoms. The smallest absolute Gasteiger partial charge is 0.166 e. The molecule has 5 heteroatoms. The summed E-state index contributed by atoms with van der Waals surface area (Å²) in [6.45, 7) is 1.09. The first-order valence-corrected chi connectivity index (χ1v) is 7.20. The van der Waals surface area contributed by atoms with E-state index in [4.69, 9.17) is 0 Å². The van der Waals surface area contributed by atoms with E-state index in [0.29, 0.717) is 0 Å². The van der Waals surface area contributed by atoms with Crippen molar-refractivity contribution in [2.45, 2.75) is 31.7 Å². The maximum atomic E-state index is 4.29. The SMILES string of the molecule is c1ccc(-c2nnc(CCCNC3CC3)s2)nc1. The number of nitrogens with one attached hydrogen (secondary N) is 1. The minimum Gasteiger partial charge on any atom is -0.314 e. The third-order valence-corrected chi connectivity index (χ3v) is 3.93. The molecule has 0 amide bonds. The van der Waals surface area contributed by atoms with Gasteiger partial charge < -0.3 is 5.32 Å². The molecule has 1 fully saturated rings. The molecule has 1 N–H and O–H groups in total. The first-order chi connectivity index (χ1) is 8.92. The zero-order chi connectivity index (χ0) is 12.2. The lowest BCUT2D eigenvalue weighted by molar-refractivity contribution is 0.643. The summed E-state index contributed by atoms with van der Waals surface area (Å²) in [5.41, 5.74) is 0.914. The highest BCUT2D eigenvalue weighted by Gasteiger charge is 2.19. The molecule has 0 radical (unpaired) electrons. The molecule has 18 heavy (non-hydrogen) atoms. The Hall–Kier alpha value is -1.33. The largest absolute Gasteiger partial charge is 0.314 e. The highest BCUT2D eigenvalue weighted by Crippen LogP contribution is 2.22. The summed E-state index contributed by atoms with van der Waals surface area (Å²) in [6.07, 6.45) is 6.62. The Bertz CT molecular complexity index is 493. The van der Waals surface area contributed by atoms with Crippen LogP contribution >= 0.6 is 11.3 Å². The van der Waals surface area contributed by atoms with Crippen LogP contribution < -0.4 is 5.32 Å². The van der Waals surface area contributed by atoms with Gasteiger partial charge >= 0.3 is 0 Å². The van der Waals surface area contributed by atoms with Gasteiger partial charge in [-0.25, -0.2) is 0 Å². The van der Waals surface area contributed by atoms with Gasteiger partial charge in [0.1, 0.15) is 10.7 Å². The second kappa shape index (κ2) is 5.54. The second-order valence-corrected chi connectivity index (χ2v) is 5.61. The van der Waals surface area contributed by atoms with Crippen molar-refractivity contribution in [3.8, 4) is 10.7 Å². The maximum Gasteiger partial charge on any atom is 0.166 e. The van der Waals surface area contributed by atoms with E-state index in [-0.39, 0.29) is 0 Å². The van der Waals surface area contributed by atoms with E-state index >= 15 is 0 Å². The fourth-order valence-corrected chi connectivity index (χ4v) is 2.64. The molecule has 1 saturated carbocycles. The van der Waals surface area contributed by atoms with Crippen LogP contribution in [0.1, 0.15) is 24.3 Å². The second-order valence-electron chi connectivity index (χ2n) is 4.55. The number of aryl methyl sites for hydroxylation is 1. The van der Waals surface area contributed by atoms with Gasteiger partial charge in [0.25, 0.3) is 0 Å². The third-order valence-electron chi connectivity index (χ3n) is 2.93. The highest BCUT2D eigenvalue weighted by molar-refractivity contribution is 7.14. The lowest BCUT2D eigenvalue weighted by Gasteiger charge is -1.99. The summed E-state index contributed by atoms with van der Waals surface area (Å²) in [6, 6.07) is 6.65. The van der Waals surface area contributed by atoms with Gasteiger partial charge in [0.2, 0.25) is 0 Å². The number of rotatable bonds is 6. The maximum absolute atomic E-state index is 4.29. The first kappa shape index (κ1) is 11.7. The fraction of sp³-hybridized carbons (Fsp3) is 0.462. The molecule has 0 aliphatic heterocycles. The van der Waals surface area contributed by atoms with Crippen LogP contribution in [0.3, 0.4) is 0 Å². The van der Waals surface area contributed by atoms with Gasteiger partial charge in [-0.05, 0) is 37.9 Å². The van der Waals surface area contributed by atoms with Crippen molar-refractivity contribution in [2.75, 3.05) is 6.54 Å². The molecule has 2 aromatic rings. The van der Waals surface area contributed by atoms with Gasteiger partial charge in [0.05, 0.1) is 0 Å². The van der Waals surface area contributed by atoms with E-state index < -0.39 is 0 Å². The molecular formula is C13H16N4S. The van der Waals surface area contributed by atoms with Crippen LogP contribution in [0.2, 0.25) is 0 Å². The third kappa shape index (κ3) is 3.11. The van der Waals surface area contributed by atoms with Gasteiger partial charge in [0, 0.05) is 18.7 Å². The molecule has 0 aromatic carbocycles. The van der Waals surface area contributed by atoms with Crippen LogP contribution in [-0.2, 0) is 6.42 Å². The quantitative estimate of drug-likeness (QED) is 0.810. The topological polar surface area (TPSA) is 50.7 Å². The number of hydrogen-bond donors (Lipinski definition) is 1. The van der Waals surface area contributed by atoms with Crippen LogP contribution in [0.5, 0.6) is 0 Å². The number of hydrogen-bond acceptors (Lipinski definition) is 5. The highest BCUT2D eigenvalue weighted by atomic mass is 32.1. The summed E-state index contributed by atoms with van der Waals surface area (Å²) >= 11 is 1.65. The number of pyridine rings is 1. The Kier molecular flexibility index (Phi) is 3.61. The molecule has 1 aliphatic carbocycles. The Morgan fingerprint density at radius 2 is 2.22 bits per heavy atom. The minimum absolute atomic E-state index is 0.795. The Labute approximate surface area is 110 Å². The fourth-order valence-electron chi connectivity index (χ4n) is 1.78. The monoisotopic (exact) mass is 260 g/mol. The average molecular weight is 260 g/mol. The molecule has 0 saturated heterocycles. The van der Waals surface area contributed by atoms with Gasteiger partial charge in [-0.2, -0.15) is 0 Å². The van der Waals surface area contributed by atoms with E-state index in [1.165, 1.54) is 12.8 Å². The molecule has 0 spiro atoms. The summed E-state index contributed by atoms with van der Waals surface area (Å²) in [5, 5.41) is 14.0. The molecule has 0 unspecified atom stereocenters. The van der Waals surface area contributed by atoms with E-state index in [1.54, 1.807) is 17.5 Å². The predicted octanol–water partition coefficient (Wildman–Crippen LogP) is 2.28. The molecule has 2 heterocycles. The Balaban J connectivity index is 1.52. The molecule has 2 aromatic heterocycles. The lowest BCUT2D eigenvalue weighted by Crippen LogP contribution is -2.17. The van der Waals surface area contributed by atoms with Crippen molar-refractivity contribution in [1.82, 2.24) is 20.5 Å². The summed E-state index contributed by atoms with van der Waals surface area (Å²) in [7, 11) is 0. The molecule has 0 atom stereocenters. The van der Waals surface area contributed by atoms with E-state index in [0.717, 1.165) is 41.1 Å². The van der Waals surface area contributed by atoms with Crippen LogP contribution in [0.15, 0.2) is 24.4 Å². The van der Waals surface area contributed by atoms with Crippen LogP contribution in [0.25, 0.3) is 10.7 Å². The Morgan fingerprint density at radius 3 is 3.00 bits per heavy atom. The van der Waals surface area contributed by atoms with Crippen molar-refractivity contribution in [1.29, 1.82) is 0 Å². The summed E-state index contributed by atoms with van der Waals surface area (Å²) in [4.78, 5) is 4.29.